The van der Waals surface area contributed by atoms with Crippen molar-refractivity contribution in [2.75, 3.05) is 7.11 Å². The van der Waals surface area contributed by atoms with Crippen molar-refractivity contribution in [3.8, 4) is 11.4 Å². The average Bonchev–Trinajstić information content (AvgIpc) is 2.86. The molecule has 0 aliphatic carbocycles. The van der Waals surface area contributed by atoms with Gasteiger partial charge in [0.1, 0.15) is 11.6 Å². The maximum absolute atomic E-state index is 14.5. The van der Waals surface area contributed by atoms with Gasteiger partial charge in [0, 0.05) is 22.7 Å². The lowest BCUT2D eigenvalue weighted by molar-refractivity contribution is 0.414. The molecule has 35 heavy (non-hydrogen) atoms. The molecule has 0 radical (unpaired) electrons. The molecular weight excluding hydrogens is 475 g/mol. The fourth-order valence-corrected chi connectivity index (χ4v) is 3.96. The van der Waals surface area contributed by atoms with Gasteiger partial charge in [-0.05, 0) is 29.8 Å². The second-order valence-corrected chi connectivity index (χ2v) is 8.21. The summed E-state index contributed by atoms with van der Waals surface area (Å²) in [7, 11) is 1.44. The van der Waals surface area contributed by atoms with E-state index in [-0.39, 0.29) is 22.8 Å². The van der Waals surface area contributed by atoms with Crippen LogP contribution < -0.4 is 27.5 Å². The number of ether oxygens (including phenoxy) is 1. The van der Waals surface area contributed by atoms with Crippen molar-refractivity contribution in [3.63, 3.8) is 0 Å². The number of nitrogens with zero attached hydrogens (tertiary/aromatic N) is 3. The standard InChI is InChI=1S/C25H22ClFN4O4/c1-35-18-10-5-9-17(13-18)31-24(33)29(14-19-20(26)11-6-12-21(19)27)23(32)30(25(31)34)15-22(28)16-7-3-2-4-8-16/h2-13,22H,14-15,28H2,1H3. The highest BCUT2D eigenvalue weighted by molar-refractivity contribution is 6.31. The SMILES string of the molecule is COc1cccc(-n2c(=O)n(Cc3c(F)cccc3Cl)c(=O)n(CC(N)c3ccccc3)c2=O)c1. The zero-order valence-electron chi connectivity index (χ0n) is 18.7. The van der Waals surface area contributed by atoms with Gasteiger partial charge in [-0.3, -0.25) is 0 Å². The molecule has 0 spiro atoms. The molecule has 0 saturated carbocycles. The molecule has 0 bridgehead atoms. The molecule has 180 valence electrons. The largest absolute Gasteiger partial charge is 0.497 e. The van der Waals surface area contributed by atoms with Crippen LogP contribution in [-0.4, -0.2) is 20.8 Å². The Morgan fingerprint density at radius 1 is 0.914 bits per heavy atom. The van der Waals surface area contributed by atoms with Gasteiger partial charge in [-0.1, -0.05) is 54.1 Å². The molecule has 1 aromatic heterocycles. The minimum absolute atomic E-state index is 0.0444. The minimum Gasteiger partial charge on any atom is -0.497 e. The summed E-state index contributed by atoms with van der Waals surface area (Å²) in [5.74, 6) is -0.285. The Balaban J connectivity index is 1.95. The maximum Gasteiger partial charge on any atom is 0.341 e. The van der Waals surface area contributed by atoms with Crippen LogP contribution in [0.15, 0.2) is 87.2 Å². The molecule has 10 heteroatoms. The summed E-state index contributed by atoms with van der Waals surface area (Å²) in [6, 6.07) is 18.5. The molecule has 1 atom stereocenters. The first-order chi connectivity index (χ1) is 16.8. The van der Waals surface area contributed by atoms with Crippen LogP contribution in [0.25, 0.3) is 5.69 Å². The first-order valence-corrected chi connectivity index (χ1v) is 11.0. The molecule has 0 fully saturated rings. The van der Waals surface area contributed by atoms with Gasteiger partial charge in [0.2, 0.25) is 0 Å². The molecule has 0 aliphatic rings. The molecule has 4 rings (SSSR count). The molecule has 4 aromatic rings. The second kappa shape index (κ2) is 10.1. The summed E-state index contributed by atoms with van der Waals surface area (Å²) in [4.78, 5) is 40.2. The Labute approximate surface area is 204 Å². The van der Waals surface area contributed by atoms with E-state index in [1.807, 2.05) is 6.07 Å². The number of benzene rings is 3. The van der Waals surface area contributed by atoms with E-state index in [1.165, 1.54) is 37.4 Å². The van der Waals surface area contributed by atoms with E-state index < -0.39 is 35.5 Å². The lowest BCUT2D eigenvalue weighted by Crippen LogP contribution is -2.54. The van der Waals surface area contributed by atoms with Gasteiger partial charge in [-0.25, -0.2) is 32.5 Å². The Kier molecular flexibility index (Phi) is 6.99. The molecular formula is C25H22ClFN4O4. The number of rotatable bonds is 7. The summed E-state index contributed by atoms with van der Waals surface area (Å²) >= 11 is 6.15. The van der Waals surface area contributed by atoms with Gasteiger partial charge >= 0.3 is 17.1 Å². The van der Waals surface area contributed by atoms with E-state index >= 15 is 0 Å². The predicted molar refractivity (Wildman–Crippen MR) is 131 cm³/mol. The topological polar surface area (TPSA) is 101 Å². The third-order valence-electron chi connectivity index (χ3n) is 5.60. The first-order valence-electron chi connectivity index (χ1n) is 10.7. The summed E-state index contributed by atoms with van der Waals surface area (Å²) < 4.78 is 22.2. The van der Waals surface area contributed by atoms with E-state index in [0.717, 1.165) is 13.7 Å². The van der Waals surface area contributed by atoms with Crippen molar-refractivity contribution in [2.45, 2.75) is 19.1 Å². The number of methoxy groups -OCH3 is 1. The van der Waals surface area contributed by atoms with Crippen LogP contribution in [0.5, 0.6) is 5.75 Å². The van der Waals surface area contributed by atoms with Crippen molar-refractivity contribution in [1.29, 1.82) is 0 Å². The predicted octanol–water partition coefficient (Wildman–Crippen LogP) is 2.71. The maximum atomic E-state index is 14.5. The Morgan fingerprint density at radius 2 is 1.60 bits per heavy atom. The monoisotopic (exact) mass is 496 g/mol. The average molecular weight is 497 g/mol. The second-order valence-electron chi connectivity index (χ2n) is 7.80. The summed E-state index contributed by atoms with van der Waals surface area (Å²) in [5.41, 5.74) is 4.36. The minimum atomic E-state index is -0.947. The Bertz CT molecular complexity index is 1530. The normalized spacial score (nSPS) is 11.9. The Hall–Kier alpha value is -3.95. The highest BCUT2D eigenvalue weighted by atomic mass is 35.5. The van der Waals surface area contributed by atoms with Gasteiger partial charge in [-0.15, -0.1) is 0 Å². The number of hydrogen-bond donors (Lipinski definition) is 1. The third-order valence-corrected chi connectivity index (χ3v) is 5.96. The van der Waals surface area contributed by atoms with E-state index in [0.29, 0.717) is 11.3 Å². The first kappa shape index (κ1) is 24.2. The van der Waals surface area contributed by atoms with Gasteiger partial charge in [-0.2, -0.15) is 0 Å². The number of nitrogens with two attached hydrogens (primary N) is 1. The molecule has 3 aromatic carbocycles. The molecule has 0 aliphatic heterocycles. The number of hydrogen-bond acceptors (Lipinski definition) is 5. The van der Waals surface area contributed by atoms with E-state index in [2.05, 4.69) is 0 Å². The lowest BCUT2D eigenvalue weighted by atomic mass is 10.1. The summed E-state index contributed by atoms with van der Waals surface area (Å²) in [6.45, 7) is -0.690. The van der Waals surface area contributed by atoms with Gasteiger partial charge in [0.15, 0.2) is 0 Å². The van der Waals surface area contributed by atoms with E-state index in [9.17, 15) is 18.8 Å². The van der Waals surface area contributed by atoms with Crippen molar-refractivity contribution >= 4 is 11.6 Å². The van der Waals surface area contributed by atoms with Crippen LogP contribution in [0.4, 0.5) is 4.39 Å². The van der Waals surface area contributed by atoms with Gasteiger partial charge in [0.25, 0.3) is 0 Å². The van der Waals surface area contributed by atoms with Crippen LogP contribution in [0.2, 0.25) is 5.02 Å². The van der Waals surface area contributed by atoms with Gasteiger partial charge in [0.05, 0.1) is 25.9 Å². The zero-order valence-corrected chi connectivity index (χ0v) is 19.5. The van der Waals surface area contributed by atoms with Gasteiger partial charge < -0.3 is 10.5 Å². The van der Waals surface area contributed by atoms with Crippen LogP contribution >= 0.6 is 11.6 Å². The van der Waals surface area contributed by atoms with Crippen molar-refractivity contribution in [1.82, 2.24) is 13.7 Å². The van der Waals surface area contributed by atoms with Crippen molar-refractivity contribution < 1.29 is 9.13 Å². The van der Waals surface area contributed by atoms with Crippen LogP contribution in [0, 0.1) is 5.82 Å². The number of aromatic nitrogens is 3. The summed E-state index contributed by atoms with van der Waals surface area (Å²) in [6.07, 6.45) is 0. The van der Waals surface area contributed by atoms with E-state index in [1.54, 1.807) is 36.4 Å². The summed E-state index contributed by atoms with van der Waals surface area (Å²) in [5, 5.41) is 0.0444. The van der Waals surface area contributed by atoms with Crippen LogP contribution in [-0.2, 0) is 13.1 Å². The highest BCUT2D eigenvalue weighted by Crippen LogP contribution is 2.19. The molecule has 1 unspecified atom stereocenters. The zero-order chi connectivity index (χ0) is 25.1. The highest BCUT2D eigenvalue weighted by Gasteiger charge is 2.21. The lowest BCUT2D eigenvalue weighted by Gasteiger charge is -2.18. The molecule has 1 heterocycles. The fourth-order valence-electron chi connectivity index (χ4n) is 3.74. The number of halogens is 2. The van der Waals surface area contributed by atoms with Crippen molar-refractivity contribution in [3.05, 3.63) is 126 Å². The fraction of sp³-hybridized carbons (Fsp3) is 0.160. The van der Waals surface area contributed by atoms with E-state index in [4.69, 9.17) is 22.1 Å². The quantitative estimate of drug-likeness (QED) is 0.424. The third kappa shape index (κ3) is 4.82. The van der Waals surface area contributed by atoms with Crippen LogP contribution in [0.1, 0.15) is 17.2 Å². The molecule has 2 N–H and O–H groups in total. The molecule has 0 saturated heterocycles. The van der Waals surface area contributed by atoms with Crippen molar-refractivity contribution in [2.24, 2.45) is 5.73 Å². The van der Waals surface area contributed by atoms with Crippen LogP contribution in [0.3, 0.4) is 0 Å². The Morgan fingerprint density at radius 3 is 2.29 bits per heavy atom. The smallest absolute Gasteiger partial charge is 0.341 e. The molecule has 8 nitrogen and oxygen atoms in total. The molecule has 0 amide bonds.